The van der Waals surface area contributed by atoms with Crippen LogP contribution in [0.2, 0.25) is 0 Å². The largest absolute Gasteiger partial charge is 0.505 e. The Kier molecular flexibility index (Phi) is 7.01. The van der Waals surface area contributed by atoms with E-state index in [0.29, 0.717) is 25.9 Å². The molecule has 0 aliphatic rings. The third-order valence-electron chi connectivity index (χ3n) is 2.70. The summed E-state index contributed by atoms with van der Waals surface area (Å²) in [5.74, 6) is 0. The van der Waals surface area contributed by atoms with E-state index in [9.17, 15) is 0 Å². The molecule has 0 bridgehead atoms. The summed E-state index contributed by atoms with van der Waals surface area (Å²) in [6.07, 6.45) is 1.84. The highest BCUT2D eigenvalue weighted by Gasteiger charge is 2.40. The van der Waals surface area contributed by atoms with Crippen LogP contribution in [0.15, 0.2) is 30.8 Å². The van der Waals surface area contributed by atoms with Crippen LogP contribution in [0, 0.1) is 0 Å². The van der Waals surface area contributed by atoms with E-state index in [4.69, 9.17) is 13.3 Å². The van der Waals surface area contributed by atoms with E-state index in [2.05, 4.69) is 18.7 Å². The molecule has 4 heteroatoms. The molecule has 0 saturated carbocycles. The van der Waals surface area contributed by atoms with Crippen molar-refractivity contribution in [2.45, 2.75) is 26.8 Å². The maximum Gasteiger partial charge on any atom is 0.505 e. The number of hydrogen-bond donors (Lipinski definition) is 0. The topological polar surface area (TPSA) is 27.7 Å². The van der Waals surface area contributed by atoms with Gasteiger partial charge in [0, 0.05) is 25.9 Å². The molecule has 0 fully saturated rings. The normalized spacial score (nSPS) is 11.5. The van der Waals surface area contributed by atoms with E-state index >= 15 is 0 Å². The summed E-state index contributed by atoms with van der Waals surface area (Å²) in [4.78, 5) is 0. The fourth-order valence-corrected chi connectivity index (χ4v) is 4.61. The average Bonchev–Trinajstić information content (AvgIpc) is 2.40. The van der Waals surface area contributed by atoms with Crippen LogP contribution in [0.3, 0.4) is 0 Å². The van der Waals surface area contributed by atoms with Gasteiger partial charge in [0.1, 0.15) is 0 Å². The minimum atomic E-state index is -2.61. The zero-order chi connectivity index (χ0) is 14.1. The fraction of sp³-hybridized carbons (Fsp3) is 0.467. The molecule has 0 heterocycles. The van der Waals surface area contributed by atoms with E-state index in [1.807, 2.05) is 39.0 Å². The van der Waals surface area contributed by atoms with Crippen molar-refractivity contribution >= 4 is 14.9 Å². The first kappa shape index (κ1) is 16.1. The van der Waals surface area contributed by atoms with Crippen molar-refractivity contribution < 1.29 is 13.3 Å². The molecule has 1 aromatic carbocycles. The molecule has 106 valence electrons. The zero-order valence-electron chi connectivity index (χ0n) is 12.1. The lowest BCUT2D eigenvalue weighted by molar-refractivity contribution is 0.0704. The van der Waals surface area contributed by atoms with Gasteiger partial charge >= 0.3 is 8.80 Å². The van der Waals surface area contributed by atoms with Crippen molar-refractivity contribution in [3.8, 4) is 0 Å². The van der Waals surface area contributed by atoms with Gasteiger partial charge in [0.15, 0.2) is 0 Å². The second kappa shape index (κ2) is 8.27. The van der Waals surface area contributed by atoms with Gasteiger partial charge in [0.2, 0.25) is 0 Å². The van der Waals surface area contributed by atoms with E-state index < -0.39 is 8.80 Å². The summed E-state index contributed by atoms with van der Waals surface area (Å²) in [5, 5.41) is 0. The molecule has 0 aromatic heterocycles. The standard InChI is InChI=1S/C15H24O3Si/c1-5-14-10-9-11-15(12-14)13-19(16-6-2,17-7-3)18-8-4/h5,9-12H,1,6-8,13H2,2-4H3. The van der Waals surface area contributed by atoms with Gasteiger partial charge in [-0.2, -0.15) is 0 Å². The van der Waals surface area contributed by atoms with Crippen molar-refractivity contribution in [2.75, 3.05) is 19.8 Å². The first-order valence-electron chi connectivity index (χ1n) is 6.83. The Balaban J connectivity index is 2.93. The lowest BCUT2D eigenvalue weighted by Crippen LogP contribution is -2.48. The Labute approximate surface area is 117 Å². The molecule has 0 amide bonds. The van der Waals surface area contributed by atoms with Crippen LogP contribution in [-0.2, 0) is 19.3 Å². The lowest BCUT2D eigenvalue weighted by atomic mass is 10.1. The molecule has 0 atom stereocenters. The quantitative estimate of drug-likeness (QED) is 0.648. The molecule has 3 nitrogen and oxygen atoms in total. The molecule has 1 rings (SSSR count). The van der Waals surface area contributed by atoms with E-state index in [-0.39, 0.29) is 0 Å². The van der Waals surface area contributed by atoms with Gasteiger partial charge in [-0.05, 0) is 31.9 Å². The third kappa shape index (κ3) is 4.91. The second-order valence-electron chi connectivity index (χ2n) is 4.11. The van der Waals surface area contributed by atoms with Crippen LogP contribution < -0.4 is 0 Å². The molecule has 0 aliphatic heterocycles. The Hall–Kier alpha value is -0.943. The Bertz CT molecular complexity index is 376. The molecule has 19 heavy (non-hydrogen) atoms. The van der Waals surface area contributed by atoms with Crippen LogP contribution in [0.5, 0.6) is 0 Å². The number of hydrogen-bond acceptors (Lipinski definition) is 3. The first-order valence-corrected chi connectivity index (χ1v) is 8.76. The van der Waals surface area contributed by atoms with Crippen LogP contribution in [0.25, 0.3) is 6.08 Å². The Morgan fingerprint density at radius 1 is 1.05 bits per heavy atom. The summed E-state index contributed by atoms with van der Waals surface area (Å²) in [6.45, 7) is 11.5. The summed E-state index contributed by atoms with van der Waals surface area (Å²) >= 11 is 0. The predicted octanol–water partition coefficient (Wildman–Crippen LogP) is 3.46. The van der Waals surface area contributed by atoms with Gasteiger partial charge in [-0.15, -0.1) is 0 Å². The van der Waals surface area contributed by atoms with E-state index in [1.54, 1.807) is 0 Å². The molecule has 0 spiro atoms. The van der Waals surface area contributed by atoms with Crippen molar-refractivity contribution in [3.63, 3.8) is 0 Å². The minimum absolute atomic E-state index is 0.605. The molecular weight excluding hydrogens is 256 g/mol. The van der Waals surface area contributed by atoms with Crippen LogP contribution in [0.4, 0.5) is 0 Å². The smallest absolute Gasteiger partial charge is 0.374 e. The van der Waals surface area contributed by atoms with E-state index in [1.165, 1.54) is 5.56 Å². The third-order valence-corrected chi connectivity index (χ3v) is 5.73. The molecule has 0 saturated heterocycles. The van der Waals surface area contributed by atoms with Crippen LogP contribution in [0.1, 0.15) is 31.9 Å². The zero-order valence-corrected chi connectivity index (χ0v) is 13.1. The molecule has 0 aliphatic carbocycles. The predicted molar refractivity (Wildman–Crippen MR) is 80.9 cm³/mol. The van der Waals surface area contributed by atoms with Gasteiger partial charge in [-0.25, -0.2) is 0 Å². The molecule has 0 unspecified atom stereocenters. The second-order valence-corrected chi connectivity index (χ2v) is 6.69. The highest BCUT2D eigenvalue weighted by Crippen LogP contribution is 2.18. The van der Waals surface area contributed by atoms with Crippen LogP contribution in [-0.4, -0.2) is 28.6 Å². The number of benzene rings is 1. The summed E-state index contributed by atoms with van der Waals surface area (Å²) in [6, 6.07) is 8.93. The van der Waals surface area contributed by atoms with Gasteiger partial charge in [0.05, 0.1) is 0 Å². The van der Waals surface area contributed by atoms with Crippen molar-refractivity contribution in [3.05, 3.63) is 42.0 Å². The first-order chi connectivity index (χ1) is 9.19. The molecule has 1 aromatic rings. The summed E-state index contributed by atoms with van der Waals surface area (Å²) in [7, 11) is -2.61. The van der Waals surface area contributed by atoms with E-state index in [0.717, 1.165) is 5.56 Å². The highest BCUT2D eigenvalue weighted by atomic mass is 28.4. The highest BCUT2D eigenvalue weighted by molar-refractivity contribution is 6.60. The Morgan fingerprint density at radius 2 is 1.63 bits per heavy atom. The SMILES string of the molecule is C=Cc1cccc(C[Si](OCC)(OCC)OCC)c1. The summed E-state index contributed by atoms with van der Waals surface area (Å²) < 4.78 is 17.6. The minimum Gasteiger partial charge on any atom is -0.374 e. The maximum atomic E-state index is 5.86. The van der Waals surface area contributed by atoms with Gasteiger partial charge < -0.3 is 13.3 Å². The molecule has 0 N–H and O–H groups in total. The number of rotatable bonds is 9. The fourth-order valence-electron chi connectivity index (χ4n) is 2.02. The Morgan fingerprint density at radius 3 is 2.11 bits per heavy atom. The molecule has 0 radical (unpaired) electrons. The average molecular weight is 280 g/mol. The van der Waals surface area contributed by atoms with Crippen molar-refractivity contribution in [2.24, 2.45) is 0 Å². The van der Waals surface area contributed by atoms with Crippen molar-refractivity contribution in [1.29, 1.82) is 0 Å². The molecular formula is C15H24O3Si. The van der Waals surface area contributed by atoms with Crippen molar-refractivity contribution in [1.82, 2.24) is 0 Å². The van der Waals surface area contributed by atoms with Gasteiger partial charge in [-0.3, -0.25) is 0 Å². The van der Waals surface area contributed by atoms with Crippen LogP contribution >= 0.6 is 0 Å². The lowest BCUT2D eigenvalue weighted by Gasteiger charge is -2.28. The van der Waals surface area contributed by atoms with Gasteiger partial charge in [-0.1, -0.05) is 36.9 Å². The maximum absolute atomic E-state index is 5.86. The summed E-state index contributed by atoms with van der Waals surface area (Å²) in [5.41, 5.74) is 2.27. The van der Waals surface area contributed by atoms with Gasteiger partial charge in [0.25, 0.3) is 0 Å². The monoisotopic (exact) mass is 280 g/mol.